The van der Waals surface area contributed by atoms with Crippen molar-refractivity contribution in [2.75, 3.05) is 44.3 Å². The minimum absolute atomic E-state index is 0.681. The number of rotatable bonds is 2. The van der Waals surface area contributed by atoms with E-state index in [-0.39, 0.29) is 0 Å². The van der Waals surface area contributed by atoms with Gasteiger partial charge in [0.15, 0.2) is 0 Å². The van der Waals surface area contributed by atoms with Gasteiger partial charge in [0.1, 0.15) is 5.82 Å². The summed E-state index contributed by atoms with van der Waals surface area (Å²) in [6.45, 7) is 6.18. The molecule has 2 saturated heterocycles. The van der Waals surface area contributed by atoms with Gasteiger partial charge in [-0.3, -0.25) is 4.90 Å². The van der Waals surface area contributed by atoms with Crippen LogP contribution >= 0.6 is 0 Å². The van der Waals surface area contributed by atoms with E-state index in [4.69, 9.17) is 4.74 Å². The molecule has 0 bridgehead atoms. The van der Waals surface area contributed by atoms with Gasteiger partial charge in [0, 0.05) is 38.4 Å². The Morgan fingerprint density at radius 2 is 2.06 bits per heavy atom. The molecule has 0 spiro atoms. The first kappa shape index (κ1) is 11.0. The lowest BCUT2D eigenvalue weighted by molar-refractivity contribution is 0.0209. The Morgan fingerprint density at radius 1 is 1.18 bits per heavy atom. The Balaban J connectivity index is 1.61. The molecule has 1 unspecified atom stereocenters. The molecule has 0 N–H and O–H groups in total. The van der Waals surface area contributed by atoms with Crippen molar-refractivity contribution in [3.05, 3.63) is 24.4 Å². The zero-order valence-electron chi connectivity index (χ0n) is 10.1. The zero-order valence-corrected chi connectivity index (χ0v) is 10.1. The van der Waals surface area contributed by atoms with Crippen LogP contribution in [0.2, 0.25) is 0 Å². The lowest BCUT2D eigenvalue weighted by Crippen LogP contribution is -2.44. The quantitative estimate of drug-likeness (QED) is 0.762. The summed E-state index contributed by atoms with van der Waals surface area (Å²) in [7, 11) is 0. The van der Waals surface area contributed by atoms with Crippen LogP contribution in [0.4, 0.5) is 5.82 Å². The number of pyridine rings is 1. The number of hydrogen-bond acceptors (Lipinski definition) is 4. The van der Waals surface area contributed by atoms with E-state index in [1.165, 1.54) is 6.42 Å². The summed E-state index contributed by atoms with van der Waals surface area (Å²) < 4.78 is 5.40. The molecule has 0 aliphatic carbocycles. The summed E-state index contributed by atoms with van der Waals surface area (Å²) in [6.07, 6.45) is 3.12. The highest BCUT2D eigenvalue weighted by atomic mass is 16.5. The van der Waals surface area contributed by atoms with E-state index in [1.807, 2.05) is 12.3 Å². The molecule has 2 aliphatic rings. The third-order valence-corrected chi connectivity index (χ3v) is 3.70. The number of nitrogens with zero attached hydrogens (tertiary/aromatic N) is 3. The smallest absolute Gasteiger partial charge is 0.128 e. The maximum Gasteiger partial charge on any atom is 0.128 e. The summed E-state index contributed by atoms with van der Waals surface area (Å²) in [5.41, 5.74) is 0. The van der Waals surface area contributed by atoms with Gasteiger partial charge in [-0.25, -0.2) is 4.98 Å². The van der Waals surface area contributed by atoms with Gasteiger partial charge in [0.2, 0.25) is 0 Å². The molecule has 1 atom stereocenters. The average Bonchev–Trinajstić information content (AvgIpc) is 2.90. The fourth-order valence-corrected chi connectivity index (χ4v) is 2.73. The number of anilines is 1. The first-order chi connectivity index (χ1) is 8.43. The molecule has 92 valence electrons. The maximum absolute atomic E-state index is 5.40. The molecule has 2 fully saturated rings. The van der Waals surface area contributed by atoms with E-state index in [9.17, 15) is 0 Å². The van der Waals surface area contributed by atoms with E-state index in [1.54, 1.807) is 0 Å². The Hall–Kier alpha value is -1.13. The lowest BCUT2D eigenvalue weighted by atomic mass is 10.2. The molecule has 0 amide bonds. The van der Waals surface area contributed by atoms with Gasteiger partial charge in [-0.2, -0.15) is 0 Å². The first-order valence-electron chi connectivity index (χ1n) is 6.41. The van der Waals surface area contributed by atoms with E-state index in [0.717, 1.165) is 45.2 Å². The predicted octanol–water partition coefficient (Wildman–Crippen LogP) is 0.992. The Kier molecular flexibility index (Phi) is 3.25. The Morgan fingerprint density at radius 3 is 2.82 bits per heavy atom. The van der Waals surface area contributed by atoms with Crippen LogP contribution in [0.25, 0.3) is 0 Å². The second-order valence-corrected chi connectivity index (χ2v) is 4.72. The van der Waals surface area contributed by atoms with Gasteiger partial charge in [-0.05, 0) is 18.6 Å². The summed E-state index contributed by atoms with van der Waals surface area (Å²) in [5.74, 6) is 1.11. The molecule has 17 heavy (non-hydrogen) atoms. The van der Waals surface area contributed by atoms with Gasteiger partial charge in [0.25, 0.3) is 0 Å². The molecule has 0 saturated carbocycles. The Labute approximate surface area is 102 Å². The number of hydrogen-bond donors (Lipinski definition) is 0. The predicted molar refractivity (Wildman–Crippen MR) is 67.2 cm³/mol. The van der Waals surface area contributed by atoms with Crippen molar-refractivity contribution in [2.24, 2.45) is 0 Å². The third-order valence-electron chi connectivity index (χ3n) is 3.70. The van der Waals surface area contributed by atoms with Crippen LogP contribution in [0.1, 0.15) is 6.42 Å². The normalized spacial score (nSPS) is 26.4. The van der Waals surface area contributed by atoms with Gasteiger partial charge in [0.05, 0.1) is 13.2 Å². The summed E-state index contributed by atoms with van der Waals surface area (Å²) in [4.78, 5) is 9.37. The van der Waals surface area contributed by atoms with Crippen molar-refractivity contribution < 1.29 is 4.74 Å². The number of ether oxygens (including phenoxy) is 1. The molecule has 0 aromatic carbocycles. The summed E-state index contributed by atoms with van der Waals surface area (Å²) >= 11 is 0. The van der Waals surface area contributed by atoms with Crippen LogP contribution in [0.15, 0.2) is 24.4 Å². The zero-order chi connectivity index (χ0) is 11.5. The van der Waals surface area contributed by atoms with E-state index < -0.39 is 0 Å². The molecule has 2 aliphatic heterocycles. The van der Waals surface area contributed by atoms with Crippen molar-refractivity contribution in [3.8, 4) is 0 Å². The minimum Gasteiger partial charge on any atom is -0.379 e. The first-order valence-corrected chi connectivity index (χ1v) is 6.41. The molecule has 3 heterocycles. The molecule has 0 radical (unpaired) electrons. The fourth-order valence-electron chi connectivity index (χ4n) is 2.73. The van der Waals surface area contributed by atoms with Crippen LogP contribution < -0.4 is 4.90 Å². The maximum atomic E-state index is 5.40. The molecule has 3 rings (SSSR count). The van der Waals surface area contributed by atoms with Gasteiger partial charge in [-0.15, -0.1) is 0 Å². The van der Waals surface area contributed by atoms with Crippen LogP contribution in [-0.4, -0.2) is 55.3 Å². The van der Waals surface area contributed by atoms with E-state index >= 15 is 0 Å². The van der Waals surface area contributed by atoms with Crippen LogP contribution in [0.3, 0.4) is 0 Å². The SMILES string of the molecule is c1ccc(N2CCC(N3CCOCC3)C2)nc1. The highest BCUT2D eigenvalue weighted by molar-refractivity contribution is 5.39. The summed E-state index contributed by atoms with van der Waals surface area (Å²) in [5, 5.41) is 0. The molecular formula is C13H19N3O. The highest BCUT2D eigenvalue weighted by Crippen LogP contribution is 2.21. The van der Waals surface area contributed by atoms with Crippen molar-refractivity contribution in [1.82, 2.24) is 9.88 Å². The third kappa shape index (κ3) is 2.42. The van der Waals surface area contributed by atoms with Gasteiger partial charge >= 0.3 is 0 Å². The summed E-state index contributed by atoms with van der Waals surface area (Å²) in [6, 6.07) is 6.81. The van der Waals surface area contributed by atoms with Crippen LogP contribution in [0.5, 0.6) is 0 Å². The fraction of sp³-hybridized carbons (Fsp3) is 0.615. The lowest BCUT2D eigenvalue weighted by Gasteiger charge is -2.32. The van der Waals surface area contributed by atoms with Gasteiger partial charge < -0.3 is 9.64 Å². The average molecular weight is 233 g/mol. The van der Waals surface area contributed by atoms with E-state index in [0.29, 0.717) is 6.04 Å². The molecular weight excluding hydrogens is 214 g/mol. The topological polar surface area (TPSA) is 28.6 Å². The second kappa shape index (κ2) is 5.02. The van der Waals surface area contributed by atoms with Crippen molar-refractivity contribution >= 4 is 5.82 Å². The van der Waals surface area contributed by atoms with Crippen LogP contribution in [-0.2, 0) is 4.74 Å². The van der Waals surface area contributed by atoms with Crippen molar-refractivity contribution in [3.63, 3.8) is 0 Å². The highest BCUT2D eigenvalue weighted by Gasteiger charge is 2.29. The molecule has 4 nitrogen and oxygen atoms in total. The van der Waals surface area contributed by atoms with E-state index in [2.05, 4.69) is 26.9 Å². The standard InChI is InChI=1S/C13H19N3O/c1-2-5-14-13(3-1)16-6-4-12(11-16)15-7-9-17-10-8-15/h1-3,5,12H,4,6-11H2. The van der Waals surface area contributed by atoms with Crippen molar-refractivity contribution in [1.29, 1.82) is 0 Å². The molecule has 1 aromatic heterocycles. The number of aromatic nitrogens is 1. The van der Waals surface area contributed by atoms with Crippen LogP contribution in [0, 0.1) is 0 Å². The second-order valence-electron chi connectivity index (χ2n) is 4.72. The van der Waals surface area contributed by atoms with Gasteiger partial charge in [-0.1, -0.05) is 6.07 Å². The largest absolute Gasteiger partial charge is 0.379 e. The molecule has 1 aromatic rings. The minimum atomic E-state index is 0.681. The monoisotopic (exact) mass is 233 g/mol. The molecule has 4 heteroatoms. The van der Waals surface area contributed by atoms with Crippen molar-refractivity contribution in [2.45, 2.75) is 12.5 Å². The Bertz CT molecular complexity index is 351. The number of morpholine rings is 1.